The van der Waals surface area contributed by atoms with Crippen LogP contribution in [0.2, 0.25) is 5.02 Å². The molecule has 5 nitrogen and oxygen atoms in total. The molecule has 1 aromatic rings. The fraction of sp³-hybridized carbons (Fsp3) is 0.357. The predicted molar refractivity (Wildman–Crippen MR) is 75.3 cm³/mol. The Kier molecular flexibility index (Phi) is 4.74. The molecule has 0 saturated carbocycles. The van der Waals surface area contributed by atoms with Crippen molar-refractivity contribution in [2.75, 3.05) is 11.9 Å². The first kappa shape index (κ1) is 14.5. The van der Waals surface area contributed by atoms with Crippen molar-refractivity contribution in [1.29, 1.82) is 0 Å². The molecule has 0 radical (unpaired) electrons. The van der Waals surface area contributed by atoms with E-state index >= 15 is 0 Å². The summed E-state index contributed by atoms with van der Waals surface area (Å²) in [6.45, 7) is 0.311. The first-order valence-corrected chi connectivity index (χ1v) is 6.82. The van der Waals surface area contributed by atoms with Crippen LogP contribution in [0.25, 0.3) is 0 Å². The van der Waals surface area contributed by atoms with E-state index in [1.165, 1.54) is 4.90 Å². The predicted octanol–water partition coefficient (Wildman–Crippen LogP) is 2.21. The Morgan fingerprint density at radius 1 is 1.15 bits per heavy atom. The summed E-state index contributed by atoms with van der Waals surface area (Å²) in [6.07, 6.45) is 1.31. The second-order valence-corrected chi connectivity index (χ2v) is 5.03. The molecule has 1 aliphatic rings. The van der Waals surface area contributed by atoms with Crippen molar-refractivity contribution in [2.45, 2.75) is 25.7 Å². The van der Waals surface area contributed by atoms with Crippen LogP contribution in [0.1, 0.15) is 25.7 Å². The van der Waals surface area contributed by atoms with E-state index in [0.29, 0.717) is 23.7 Å². The van der Waals surface area contributed by atoms with Crippen molar-refractivity contribution in [3.05, 3.63) is 29.3 Å². The third-order valence-electron chi connectivity index (χ3n) is 3.07. The number of rotatable bonds is 5. The zero-order chi connectivity index (χ0) is 14.5. The van der Waals surface area contributed by atoms with Crippen molar-refractivity contribution < 1.29 is 14.4 Å². The van der Waals surface area contributed by atoms with Gasteiger partial charge in [-0.3, -0.25) is 19.3 Å². The number of carbonyl (C=O) groups excluding carboxylic acids is 3. The number of anilines is 1. The quantitative estimate of drug-likeness (QED) is 0.847. The van der Waals surface area contributed by atoms with Crippen molar-refractivity contribution in [3.63, 3.8) is 0 Å². The van der Waals surface area contributed by atoms with Gasteiger partial charge in [-0.1, -0.05) is 11.6 Å². The normalized spacial score (nSPS) is 14.8. The molecular formula is C14H15ClN2O3. The minimum Gasteiger partial charge on any atom is -0.326 e. The van der Waals surface area contributed by atoms with Gasteiger partial charge in [0.05, 0.1) is 0 Å². The highest BCUT2D eigenvalue weighted by atomic mass is 35.5. The minimum atomic E-state index is -0.147. The van der Waals surface area contributed by atoms with Gasteiger partial charge in [-0.15, -0.1) is 0 Å². The molecule has 1 N–H and O–H groups in total. The zero-order valence-electron chi connectivity index (χ0n) is 10.9. The van der Waals surface area contributed by atoms with Crippen molar-refractivity contribution >= 4 is 35.0 Å². The third-order valence-corrected chi connectivity index (χ3v) is 3.32. The Morgan fingerprint density at radius 2 is 1.75 bits per heavy atom. The molecule has 0 aromatic heterocycles. The lowest BCUT2D eigenvalue weighted by Crippen LogP contribution is -2.30. The van der Waals surface area contributed by atoms with E-state index in [0.717, 1.165) is 0 Å². The summed E-state index contributed by atoms with van der Waals surface area (Å²) in [4.78, 5) is 35.7. The molecule has 3 amide bonds. The van der Waals surface area contributed by atoms with Gasteiger partial charge in [0.2, 0.25) is 17.7 Å². The topological polar surface area (TPSA) is 66.5 Å². The van der Waals surface area contributed by atoms with Crippen LogP contribution in [0.5, 0.6) is 0 Å². The van der Waals surface area contributed by atoms with Crippen LogP contribution in [-0.2, 0) is 14.4 Å². The summed E-state index contributed by atoms with van der Waals surface area (Å²) in [5.74, 6) is -0.437. The molecule has 1 fully saturated rings. The number of likely N-dealkylation sites (tertiary alicyclic amines) is 1. The first-order chi connectivity index (χ1) is 9.56. The van der Waals surface area contributed by atoms with E-state index in [2.05, 4.69) is 5.32 Å². The molecule has 0 aliphatic carbocycles. The molecular weight excluding hydrogens is 280 g/mol. The molecule has 106 valence electrons. The summed E-state index contributed by atoms with van der Waals surface area (Å²) in [7, 11) is 0. The Balaban J connectivity index is 1.74. The van der Waals surface area contributed by atoms with E-state index in [-0.39, 0.29) is 37.0 Å². The maximum Gasteiger partial charge on any atom is 0.229 e. The summed E-state index contributed by atoms with van der Waals surface area (Å²) >= 11 is 5.75. The number of nitrogens with zero attached hydrogens (tertiary/aromatic N) is 1. The number of hydrogen-bond acceptors (Lipinski definition) is 3. The van der Waals surface area contributed by atoms with Crippen molar-refractivity contribution in [2.24, 2.45) is 0 Å². The van der Waals surface area contributed by atoms with Crippen LogP contribution in [0.3, 0.4) is 0 Å². The summed E-state index contributed by atoms with van der Waals surface area (Å²) in [5, 5.41) is 3.34. The van der Waals surface area contributed by atoms with E-state index in [9.17, 15) is 14.4 Å². The van der Waals surface area contributed by atoms with Gasteiger partial charge >= 0.3 is 0 Å². The molecule has 1 saturated heterocycles. The monoisotopic (exact) mass is 294 g/mol. The molecule has 0 unspecified atom stereocenters. The summed E-state index contributed by atoms with van der Waals surface area (Å²) in [6, 6.07) is 6.82. The van der Waals surface area contributed by atoms with Gasteiger partial charge in [0.15, 0.2) is 0 Å². The summed E-state index contributed by atoms with van der Waals surface area (Å²) < 4.78 is 0. The number of nitrogens with one attached hydrogen (secondary N) is 1. The minimum absolute atomic E-state index is 0.145. The van der Waals surface area contributed by atoms with Gasteiger partial charge in [-0.2, -0.15) is 0 Å². The molecule has 1 heterocycles. The van der Waals surface area contributed by atoms with E-state index in [1.807, 2.05) is 0 Å². The number of halogens is 1. The number of benzene rings is 1. The average Bonchev–Trinajstić information content (AvgIpc) is 2.73. The van der Waals surface area contributed by atoms with Crippen molar-refractivity contribution in [3.8, 4) is 0 Å². The van der Waals surface area contributed by atoms with Crippen molar-refractivity contribution in [1.82, 2.24) is 4.90 Å². The molecule has 1 aliphatic heterocycles. The Labute approximate surface area is 121 Å². The lowest BCUT2D eigenvalue weighted by molar-refractivity contribution is -0.138. The van der Waals surface area contributed by atoms with E-state index < -0.39 is 0 Å². The van der Waals surface area contributed by atoms with Gasteiger partial charge in [0, 0.05) is 36.5 Å². The standard InChI is InChI=1S/C14H15ClN2O3/c15-10-3-5-11(6-4-10)16-12(18)2-1-9-17-13(19)7-8-14(17)20/h3-6H,1-2,7-9H2,(H,16,18). The lowest BCUT2D eigenvalue weighted by Gasteiger charge is -2.13. The highest BCUT2D eigenvalue weighted by molar-refractivity contribution is 6.30. The second kappa shape index (κ2) is 6.52. The Morgan fingerprint density at radius 3 is 2.35 bits per heavy atom. The van der Waals surface area contributed by atoms with Crippen LogP contribution >= 0.6 is 11.6 Å². The fourth-order valence-electron chi connectivity index (χ4n) is 2.03. The molecule has 0 atom stereocenters. The van der Waals surface area contributed by atoms with Gasteiger partial charge in [-0.05, 0) is 30.7 Å². The Hall–Kier alpha value is -1.88. The largest absolute Gasteiger partial charge is 0.326 e. The van der Waals surface area contributed by atoms with Crippen LogP contribution < -0.4 is 5.32 Å². The summed E-state index contributed by atoms with van der Waals surface area (Å²) in [5.41, 5.74) is 0.674. The SMILES string of the molecule is O=C(CCCN1C(=O)CCC1=O)Nc1ccc(Cl)cc1. The number of carbonyl (C=O) groups is 3. The van der Waals surface area contributed by atoms with Gasteiger partial charge in [-0.25, -0.2) is 0 Å². The van der Waals surface area contributed by atoms with E-state index in [1.54, 1.807) is 24.3 Å². The zero-order valence-corrected chi connectivity index (χ0v) is 11.7. The van der Waals surface area contributed by atoms with E-state index in [4.69, 9.17) is 11.6 Å². The van der Waals surface area contributed by atoms with Gasteiger partial charge in [0.1, 0.15) is 0 Å². The lowest BCUT2D eigenvalue weighted by atomic mass is 10.2. The third kappa shape index (κ3) is 3.81. The van der Waals surface area contributed by atoms with Crippen LogP contribution in [0, 0.1) is 0 Å². The number of amides is 3. The van der Waals surface area contributed by atoms with Crippen LogP contribution in [0.15, 0.2) is 24.3 Å². The first-order valence-electron chi connectivity index (χ1n) is 6.45. The molecule has 2 rings (SSSR count). The highest BCUT2D eigenvalue weighted by Gasteiger charge is 2.28. The average molecular weight is 295 g/mol. The molecule has 0 spiro atoms. The number of imide groups is 1. The molecule has 1 aromatic carbocycles. The highest BCUT2D eigenvalue weighted by Crippen LogP contribution is 2.15. The van der Waals surface area contributed by atoms with Crippen LogP contribution in [-0.4, -0.2) is 29.2 Å². The molecule has 0 bridgehead atoms. The fourth-order valence-corrected chi connectivity index (χ4v) is 2.15. The number of hydrogen-bond donors (Lipinski definition) is 1. The second-order valence-electron chi connectivity index (χ2n) is 4.60. The Bertz CT molecular complexity index is 512. The van der Waals surface area contributed by atoms with Gasteiger partial charge < -0.3 is 5.32 Å². The maximum atomic E-state index is 11.7. The molecule has 6 heteroatoms. The molecule has 20 heavy (non-hydrogen) atoms. The maximum absolute atomic E-state index is 11.7. The van der Waals surface area contributed by atoms with Gasteiger partial charge in [0.25, 0.3) is 0 Å². The van der Waals surface area contributed by atoms with Crippen LogP contribution in [0.4, 0.5) is 5.69 Å². The smallest absolute Gasteiger partial charge is 0.229 e.